The number of rotatable bonds is 1. The molecule has 0 fully saturated rings. The van der Waals surface area contributed by atoms with Crippen LogP contribution in [0.5, 0.6) is 0 Å². The van der Waals surface area contributed by atoms with Gasteiger partial charge in [-0.2, -0.15) is 0 Å². The van der Waals surface area contributed by atoms with Gasteiger partial charge in [-0.05, 0) is 47.9 Å². The minimum absolute atomic E-state index is 0.769. The van der Waals surface area contributed by atoms with E-state index in [-0.39, 0.29) is 0 Å². The molecule has 0 aliphatic heterocycles. The van der Waals surface area contributed by atoms with Crippen molar-refractivity contribution in [3.8, 4) is 11.1 Å². The fraction of sp³-hybridized carbons (Fsp3) is 0.0769. The summed E-state index contributed by atoms with van der Waals surface area (Å²) in [6.07, 6.45) is 0. The maximum absolute atomic E-state index is 5.82. The topological polar surface area (TPSA) is 0 Å². The first-order chi connectivity index (χ1) is 6.75. The molecule has 0 unspecified atom stereocenters. The smallest absolute Gasteiger partial charge is 0.0406 e. The second kappa shape index (κ2) is 3.85. The summed E-state index contributed by atoms with van der Waals surface area (Å²) in [6.45, 7) is 2.07. The van der Waals surface area contributed by atoms with Crippen LogP contribution in [-0.2, 0) is 0 Å². The van der Waals surface area contributed by atoms with Gasteiger partial charge in [-0.1, -0.05) is 35.9 Å². The number of aryl methyl sites for hydroxylation is 1. The van der Waals surface area contributed by atoms with E-state index in [1.165, 1.54) is 16.7 Å². The minimum atomic E-state index is 0.769. The Hall–Kier alpha value is -1.27. The summed E-state index contributed by atoms with van der Waals surface area (Å²) >= 11 is 5.82. The molecule has 0 aliphatic carbocycles. The van der Waals surface area contributed by atoms with Crippen molar-refractivity contribution in [2.45, 2.75) is 6.92 Å². The lowest BCUT2D eigenvalue weighted by Crippen LogP contribution is -1.78. The van der Waals surface area contributed by atoms with Gasteiger partial charge in [0, 0.05) is 5.02 Å². The lowest BCUT2D eigenvalue weighted by molar-refractivity contribution is 1.46. The number of halogens is 1. The number of benzene rings is 2. The van der Waals surface area contributed by atoms with Crippen LogP contribution in [0, 0.1) is 13.0 Å². The maximum atomic E-state index is 5.82. The predicted octanol–water partition coefficient (Wildman–Crippen LogP) is 4.12. The summed E-state index contributed by atoms with van der Waals surface area (Å²) in [6, 6.07) is 17.0. The van der Waals surface area contributed by atoms with E-state index >= 15 is 0 Å². The van der Waals surface area contributed by atoms with Crippen LogP contribution in [0.3, 0.4) is 0 Å². The van der Waals surface area contributed by atoms with Crippen LogP contribution in [0.2, 0.25) is 5.02 Å². The lowest BCUT2D eigenvalue weighted by Gasteiger charge is -2.02. The third-order valence-corrected chi connectivity index (χ3v) is 2.36. The van der Waals surface area contributed by atoms with E-state index in [2.05, 4.69) is 19.1 Å². The normalized spacial score (nSPS) is 10.1. The van der Waals surface area contributed by atoms with Crippen molar-refractivity contribution in [1.82, 2.24) is 0 Å². The Bertz CT molecular complexity index is 429. The van der Waals surface area contributed by atoms with Crippen molar-refractivity contribution < 1.29 is 0 Å². The van der Waals surface area contributed by atoms with Gasteiger partial charge < -0.3 is 0 Å². The van der Waals surface area contributed by atoms with Crippen molar-refractivity contribution in [1.29, 1.82) is 0 Å². The zero-order valence-corrected chi connectivity index (χ0v) is 8.68. The quantitative estimate of drug-likeness (QED) is 0.651. The Morgan fingerprint density at radius 1 is 1.00 bits per heavy atom. The van der Waals surface area contributed by atoms with Gasteiger partial charge in [-0.25, -0.2) is 0 Å². The van der Waals surface area contributed by atoms with Crippen LogP contribution < -0.4 is 0 Å². The molecule has 1 heteroatoms. The van der Waals surface area contributed by atoms with Gasteiger partial charge in [0.25, 0.3) is 0 Å². The molecule has 0 amide bonds. The molecule has 0 atom stereocenters. The molecule has 0 heterocycles. The first-order valence-corrected chi connectivity index (χ1v) is 4.87. The fourth-order valence-corrected chi connectivity index (χ4v) is 1.53. The van der Waals surface area contributed by atoms with E-state index in [0.717, 1.165) is 5.02 Å². The Kier molecular flexibility index (Phi) is 2.55. The van der Waals surface area contributed by atoms with Crippen LogP contribution in [0.25, 0.3) is 11.1 Å². The van der Waals surface area contributed by atoms with Gasteiger partial charge in [0.05, 0.1) is 0 Å². The highest BCUT2D eigenvalue weighted by atomic mass is 35.5. The summed E-state index contributed by atoms with van der Waals surface area (Å²) < 4.78 is 0. The molecule has 2 rings (SSSR count). The summed E-state index contributed by atoms with van der Waals surface area (Å²) in [7, 11) is 0. The standard InChI is InChI=1S/C13H10Cl/c1-10-3-2-4-12(9-10)11-5-7-13(14)8-6-11/h3-9H,1H3. The second-order valence-corrected chi connectivity index (χ2v) is 3.74. The third kappa shape index (κ3) is 1.97. The molecular weight excluding hydrogens is 192 g/mol. The Morgan fingerprint density at radius 2 is 1.71 bits per heavy atom. The first-order valence-electron chi connectivity index (χ1n) is 4.49. The minimum Gasteiger partial charge on any atom is -0.0843 e. The SMILES string of the molecule is Cc1c[c]cc(-c2ccc(Cl)cc2)c1. The van der Waals surface area contributed by atoms with Crippen LogP contribution in [0.15, 0.2) is 42.5 Å². The van der Waals surface area contributed by atoms with Crippen LogP contribution in [0.1, 0.15) is 5.56 Å². The zero-order chi connectivity index (χ0) is 9.97. The first kappa shape index (κ1) is 9.29. The molecule has 0 aliphatic rings. The van der Waals surface area contributed by atoms with Gasteiger partial charge in [-0.3, -0.25) is 0 Å². The van der Waals surface area contributed by atoms with E-state index in [9.17, 15) is 0 Å². The van der Waals surface area contributed by atoms with Crippen LogP contribution >= 0.6 is 11.6 Å². The molecular formula is C13H10Cl. The molecule has 0 aromatic heterocycles. The largest absolute Gasteiger partial charge is 0.0843 e. The van der Waals surface area contributed by atoms with Gasteiger partial charge in [0.15, 0.2) is 0 Å². The molecule has 69 valence electrons. The van der Waals surface area contributed by atoms with Crippen molar-refractivity contribution in [2.24, 2.45) is 0 Å². The number of hydrogen-bond acceptors (Lipinski definition) is 0. The van der Waals surface area contributed by atoms with E-state index < -0.39 is 0 Å². The van der Waals surface area contributed by atoms with Gasteiger partial charge in [0.2, 0.25) is 0 Å². The Balaban J connectivity index is 2.44. The van der Waals surface area contributed by atoms with E-state index in [1.54, 1.807) is 0 Å². The van der Waals surface area contributed by atoms with Crippen LogP contribution in [-0.4, -0.2) is 0 Å². The molecule has 0 N–H and O–H groups in total. The summed E-state index contributed by atoms with van der Waals surface area (Å²) in [5.74, 6) is 0. The molecule has 1 radical (unpaired) electrons. The van der Waals surface area contributed by atoms with Crippen molar-refractivity contribution in [3.05, 3.63) is 59.1 Å². The van der Waals surface area contributed by atoms with E-state index in [0.29, 0.717) is 0 Å². The van der Waals surface area contributed by atoms with Gasteiger partial charge in [0.1, 0.15) is 0 Å². The average molecular weight is 202 g/mol. The maximum Gasteiger partial charge on any atom is 0.0406 e. The summed E-state index contributed by atoms with van der Waals surface area (Å²) in [4.78, 5) is 0. The van der Waals surface area contributed by atoms with Crippen molar-refractivity contribution >= 4 is 11.6 Å². The molecule has 0 nitrogen and oxygen atoms in total. The Labute approximate surface area is 89.2 Å². The van der Waals surface area contributed by atoms with E-state index in [4.69, 9.17) is 11.6 Å². The molecule has 0 saturated heterocycles. The molecule has 2 aromatic carbocycles. The fourth-order valence-electron chi connectivity index (χ4n) is 1.40. The van der Waals surface area contributed by atoms with Crippen molar-refractivity contribution in [3.63, 3.8) is 0 Å². The second-order valence-electron chi connectivity index (χ2n) is 3.31. The molecule has 14 heavy (non-hydrogen) atoms. The van der Waals surface area contributed by atoms with Crippen molar-refractivity contribution in [2.75, 3.05) is 0 Å². The predicted molar refractivity (Wildman–Crippen MR) is 60.5 cm³/mol. The third-order valence-electron chi connectivity index (χ3n) is 2.11. The van der Waals surface area contributed by atoms with Gasteiger partial charge in [-0.15, -0.1) is 0 Å². The molecule has 0 saturated carbocycles. The van der Waals surface area contributed by atoms with E-state index in [1.807, 2.05) is 36.4 Å². The zero-order valence-electron chi connectivity index (χ0n) is 7.92. The highest BCUT2D eigenvalue weighted by Gasteiger charge is 1.96. The van der Waals surface area contributed by atoms with Gasteiger partial charge >= 0.3 is 0 Å². The monoisotopic (exact) mass is 201 g/mol. The lowest BCUT2D eigenvalue weighted by atomic mass is 10.0. The average Bonchev–Trinajstić information content (AvgIpc) is 2.19. The molecule has 0 spiro atoms. The molecule has 2 aromatic rings. The highest BCUT2D eigenvalue weighted by Crippen LogP contribution is 2.21. The number of hydrogen-bond donors (Lipinski definition) is 0. The summed E-state index contributed by atoms with van der Waals surface area (Å²) in [5, 5.41) is 0.769. The summed E-state index contributed by atoms with van der Waals surface area (Å²) in [5.41, 5.74) is 3.58. The highest BCUT2D eigenvalue weighted by molar-refractivity contribution is 6.30. The van der Waals surface area contributed by atoms with Crippen LogP contribution in [0.4, 0.5) is 0 Å². The molecule has 0 bridgehead atoms. The Morgan fingerprint density at radius 3 is 2.36 bits per heavy atom.